The van der Waals surface area contributed by atoms with Gasteiger partial charge in [-0.3, -0.25) is 8.98 Å². The van der Waals surface area contributed by atoms with Crippen molar-refractivity contribution in [3.05, 3.63) is 65.8 Å². The largest absolute Gasteiger partial charge is 0.455 e. The lowest BCUT2D eigenvalue weighted by Gasteiger charge is -2.15. The van der Waals surface area contributed by atoms with Crippen molar-refractivity contribution in [3.63, 3.8) is 0 Å². The second kappa shape index (κ2) is 10.0. The highest BCUT2D eigenvalue weighted by Crippen LogP contribution is 2.31. The molecule has 194 valence electrons. The van der Waals surface area contributed by atoms with Gasteiger partial charge >= 0.3 is 16.5 Å². The maximum Gasteiger partial charge on any atom is 0.449 e. The summed E-state index contributed by atoms with van der Waals surface area (Å²) in [5.74, 6) is -1.74. The van der Waals surface area contributed by atoms with Gasteiger partial charge in [-0.15, -0.1) is 0 Å². The Morgan fingerprint density at radius 3 is 2.78 bits per heavy atom. The first kappa shape index (κ1) is 25.8. The van der Waals surface area contributed by atoms with Gasteiger partial charge in [0.05, 0.1) is 24.8 Å². The van der Waals surface area contributed by atoms with Crippen LogP contribution in [0.5, 0.6) is 0 Å². The molecule has 1 aliphatic carbocycles. The molecule has 0 unspecified atom stereocenters. The topological polar surface area (TPSA) is 163 Å². The second-order valence-electron chi connectivity index (χ2n) is 8.37. The lowest BCUT2D eigenvalue weighted by molar-refractivity contribution is -0.153. The Morgan fingerprint density at radius 2 is 2.08 bits per heavy atom. The van der Waals surface area contributed by atoms with Crippen molar-refractivity contribution in [2.45, 2.75) is 37.7 Å². The maximum atomic E-state index is 13.1. The van der Waals surface area contributed by atoms with E-state index >= 15 is 0 Å². The summed E-state index contributed by atoms with van der Waals surface area (Å²) in [6.45, 7) is -0.289. The molecule has 15 heteroatoms. The highest BCUT2D eigenvalue weighted by Gasteiger charge is 2.35. The summed E-state index contributed by atoms with van der Waals surface area (Å²) in [6.07, 6.45) is 0.730. The van der Waals surface area contributed by atoms with Crippen LogP contribution in [0, 0.1) is 5.92 Å². The molecule has 3 aromatic rings. The number of nitrogens with two attached hydrogens (primary N) is 1. The first-order valence-electron chi connectivity index (χ1n) is 10.7. The van der Waals surface area contributed by atoms with Crippen molar-refractivity contribution >= 4 is 21.9 Å². The Bertz CT molecular complexity index is 1340. The zero-order chi connectivity index (χ0) is 26.1. The fourth-order valence-corrected chi connectivity index (χ4v) is 4.37. The van der Waals surface area contributed by atoms with Crippen LogP contribution in [0.2, 0.25) is 0 Å². The predicted octanol–water partition coefficient (Wildman–Crippen LogP) is 1.94. The third kappa shape index (κ3) is 6.29. The van der Waals surface area contributed by atoms with Crippen LogP contribution in [-0.2, 0) is 27.2 Å². The molecule has 0 saturated heterocycles. The number of alkyl halides is 3. The molecule has 1 aliphatic rings. The van der Waals surface area contributed by atoms with E-state index in [0.717, 1.165) is 6.07 Å². The number of carbonyl (C=O) groups excluding carboxylic acids is 1. The Hall–Kier alpha value is -3.27. The number of halogens is 3. The normalized spacial score (nSPS) is 20.5. The minimum atomic E-state index is -4.59. The van der Waals surface area contributed by atoms with Crippen LogP contribution in [0.1, 0.15) is 40.3 Å². The average molecular weight is 529 g/mol. The van der Waals surface area contributed by atoms with Gasteiger partial charge in [0, 0.05) is 36.1 Å². The van der Waals surface area contributed by atoms with Gasteiger partial charge in [0.1, 0.15) is 17.9 Å². The summed E-state index contributed by atoms with van der Waals surface area (Å²) in [7, 11) is -4.14. The van der Waals surface area contributed by atoms with Gasteiger partial charge in [0.25, 0.3) is 0 Å². The van der Waals surface area contributed by atoms with Crippen LogP contribution in [0.15, 0.2) is 47.5 Å². The number of furan rings is 1. The van der Waals surface area contributed by atoms with E-state index in [0.29, 0.717) is 6.42 Å². The molecule has 0 bridgehead atoms. The van der Waals surface area contributed by atoms with Crippen molar-refractivity contribution in [2.24, 2.45) is 11.1 Å². The number of carbonyl (C=O) groups is 1. The molecule has 4 N–H and O–H groups in total. The Balaban J connectivity index is 1.43. The quantitative estimate of drug-likeness (QED) is 0.352. The van der Waals surface area contributed by atoms with Gasteiger partial charge in [-0.2, -0.15) is 21.6 Å². The first-order valence-corrected chi connectivity index (χ1v) is 12.1. The standard InChI is InChI=1S/C21H22F3N5O6S/c22-21(23,24)18-2-1-15(35-18)9-29-4-3-12(8-29)19(31)16-7-26-11-27-20(16)28-14-5-13(17(30)6-14)10-34-36(25,32)33/h1-4,7-8,11,13-14,17,30H,5-6,9-10H2,(H2,25,32,33)(H,26,27,28)/t13-,14-,17+/m1/s1. The predicted molar refractivity (Wildman–Crippen MR) is 118 cm³/mol. The number of anilines is 1. The van der Waals surface area contributed by atoms with Gasteiger partial charge in [0.2, 0.25) is 5.76 Å². The van der Waals surface area contributed by atoms with Gasteiger partial charge in [0.15, 0.2) is 5.78 Å². The number of nitrogens with one attached hydrogen (secondary N) is 1. The summed E-state index contributed by atoms with van der Waals surface area (Å²) in [6, 6.07) is 3.23. The number of nitrogens with zero attached hydrogens (tertiary/aromatic N) is 3. The molecular formula is C21H22F3N5O6S. The van der Waals surface area contributed by atoms with Crippen LogP contribution < -0.4 is 10.5 Å². The van der Waals surface area contributed by atoms with E-state index in [-0.39, 0.29) is 48.3 Å². The number of ketones is 1. The van der Waals surface area contributed by atoms with Crippen LogP contribution in [0.4, 0.5) is 19.0 Å². The molecule has 1 fully saturated rings. The van der Waals surface area contributed by atoms with Gasteiger partial charge in [-0.25, -0.2) is 15.1 Å². The second-order valence-corrected chi connectivity index (χ2v) is 9.59. The van der Waals surface area contributed by atoms with Crippen LogP contribution >= 0.6 is 0 Å². The number of aromatic nitrogens is 3. The molecule has 11 nitrogen and oxygen atoms in total. The summed E-state index contributed by atoms with van der Waals surface area (Å²) in [5.41, 5.74) is 0.396. The summed E-state index contributed by atoms with van der Waals surface area (Å²) >= 11 is 0. The fraction of sp³-hybridized carbons (Fsp3) is 0.381. The Morgan fingerprint density at radius 1 is 1.31 bits per heavy atom. The molecule has 4 rings (SSSR count). The molecule has 3 aromatic heterocycles. The minimum absolute atomic E-state index is 0.0122. The van der Waals surface area contributed by atoms with E-state index in [2.05, 4.69) is 19.5 Å². The third-order valence-corrected chi connectivity index (χ3v) is 6.16. The van der Waals surface area contributed by atoms with Gasteiger partial charge < -0.3 is 19.4 Å². The third-order valence-electron chi connectivity index (χ3n) is 5.69. The molecule has 0 aromatic carbocycles. The van der Waals surface area contributed by atoms with E-state index in [9.17, 15) is 31.5 Å². The molecule has 36 heavy (non-hydrogen) atoms. The highest BCUT2D eigenvalue weighted by atomic mass is 32.2. The molecule has 0 spiro atoms. The van der Waals surface area contributed by atoms with Gasteiger partial charge in [-0.1, -0.05) is 0 Å². The van der Waals surface area contributed by atoms with Crippen LogP contribution in [-0.4, -0.2) is 52.6 Å². The molecule has 1 saturated carbocycles. The molecule has 3 atom stereocenters. The van der Waals surface area contributed by atoms with Crippen molar-refractivity contribution in [2.75, 3.05) is 11.9 Å². The Kier molecular flexibility index (Phi) is 7.17. The minimum Gasteiger partial charge on any atom is -0.455 e. The van der Waals surface area contributed by atoms with Gasteiger partial charge in [-0.05, 0) is 31.0 Å². The average Bonchev–Trinajstić information content (AvgIpc) is 3.52. The van der Waals surface area contributed by atoms with E-state index in [1.807, 2.05) is 0 Å². The van der Waals surface area contributed by atoms with E-state index < -0.39 is 40.0 Å². The monoisotopic (exact) mass is 529 g/mol. The van der Waals surface area contributed by atoms with Crippen molar-refractivity contribution in [3.8, 4) is 0 Å². The summed E-state index contributed by atoms with van der Waals surface area (Å²) in [4.78, 5) is 21.2. The van der Waals surface area contributed by atoms with E-state index in [4.69, 9.17) is 9.56 Å². The smallest absolute Gasteiger partial charge is 0.449 e. The first-order chi connectivity index (χ1) is 16.9. The number of hydrogen-bond acceptors (Lipinski definition) is 9. The van der Waals surface area contributed by atoms with Crippen LogP contribution in [0.25, 0.3) is 0 Å². The van der Waals surface area contributed by atoms with Crippen molar-refractivity contribution in [1.29, 1.82) is 0 Å². The lowest BCUT2D eigenvalue weighted by atomic mass is 10.1. The fourth-order valence-electron chi connectivity index (χ4n) is 4.01. The molecule has 0 aliphatic heterocycles. The zero-order valence-electron chi connectivity index (χ0n) is 18.6. The molecule has 0 amide bonds. The molecular weight excluding hydrogens is 507 g/mol. The number of aliphatic hydroxyl groups is 1. The van der Waals surface area contributed by atoms with Crippen LogP contribution in [0.3, 0.4) is 0 Å². The lowest BCUT2D eigenvalue weighted by Crippen LogP contribution is -2.24. The summed E-state index contributed by atoms with van der Waals surface area (Å²) in [5, 5.41) is 18.2. The van der Waals surface area contributed by atoms with Crippen molar-refractivity contribution in [1.82, 2.24) is 14.5 Å². The maximum absolute atomic E-state index is 13.1. The van der Waals surface area contributed by atoms with E-state index in [1.165, 1.54) is 41.6 Å². The SMILES string of the molecule is NS(=O)(=O)OC[C@H]1C[C@@H](Nc2ncncc2C(=O)c2ccn(Cc3ccc(C(F)(F)F)o3)c2)C[C@@H]1O. The molecule has 0 radical (unpaired) electrons. The number of aliphatic hydroxyl groups excluding tert-OH is 1. The van der Waals surface area contributed by atoms with Crippen molar-refractivity contribution < 1.29 is 40.1 Å². The Labute approximate surface area is 203 Å². The number of rotatable bonds is 9. The summed E-state index contributed by atoms with van der Waals surface area (Å²) < 4.78 is 71.2. The zero-order valence-corrected chi connectivity index (χ0v) is 19.4. The highest BCUT2D eigenvalue weighted by molar-refractivity contribution is 7.84. The molecule has 3 heterocycles. The number of hydrogen-bond donors (Lipinski definition) is 3. The van der Waals surface area contributed by atoms with E-state index in [1.54, 1.807) is 0 Å².